The first-order valence-corrected chi connectivity index (χ1v) is 9.82. The zero-order valence-electron chi connectivity index (χ0n) is 11.0. The molecule has 1 aliphatic heterocycles. The molecule has 6 heteroatoms. The first kappa shape index (κ1) is 16.3. The Balaban J connectivity index is 1.65. The molecule has 1 aromatic rings. The van der Waals surface area contributed by atoms with Gasteiger partial charge in [-0.3, -0.25) is 4.79 Å². The molecular formula is C14H17Cl2NOS2. The third-order valence-electron chi connectivity index (χ3n) is 3.11. The molecule has 1 fully saturated rings. The second-order valence-electron chi connectivity index (χ2n) is 4.75. The minimum absolute atomic E-state index is 0.0387. The molecule has 1 amide bonds. The van der Waals surface area contributed by atoms with Gasteiger partial charge in [-0.2, -0.15) is 0 Å². The van der Waals surface area contributed by atoms with Crippen LogP contribution in [0.1, 0.15) is 32.1 Å². The Labute approximate surface area is 137 Å². The van der Waals surface area contributed by atoms with Crippen molar-refractivity contribution >= 4 is 56.4 Å². The molecule has 2 nitrogen and oxygen atoms in total. The average molecular weight is 350 g/mol. The molecule has 0 saturated carbocycles. The molecule has 1 heterocycles. The molecule has 1 atom stereocenters. The van der Waals surface area contributed by atoms with Gasteiger partial charge >= 0.3 is 0 Å². The molecule has 1 aliphatic rings. The monoisotopic (exact) mass is 349 g/mol. The van der Waals surface area contributed by atoms with Gasteiger partial charge in [-0.25, -0.2) is 0 Å². The Morgan fingerprint density at radius 2 is 2.15 bits per heavy atom. The summed E-state index contributed by atoms with van der Waals surface area (Å²) in [5.41, 5.74) is 0.701. The van der Waals surface area contributed by atoms with E-state index in [0.29, 0.717) is 22.2 Å². The molecule has 0 radical (unpaired) electrons. The van der Waals surface area contributed by atoms with Gasteiger partial charge in [0.25, 0.3) is 0 Å². The van der Waals surface area contributed by atoms with Gasteiger partial charge in [-0.15, -0.1) is 0 Å². The van der Waals surface area contributed by atoms with Crippen LogP contribution in [0.25, 0.3) is 0 Å². The quantitative estimate of drug-likeness (QED) is 0.531. The average Bonchev–Trinajstić information content (AvgIpc) is 2.92. The van der Waals surface area contributed by atoms with Crippen molar-refractivity contribution in [2.24, 2.45) is 0 Å². The van der Waals surface area contributed by atoms with Gasteiger partial charge in [0.05, 0.1) is 10.0 Å². The molecular weight excluding hydrogens is 333 g/mol. The number of hydrogen-bond acceptors (Lipinski definition) is 3. The number of anilines is 1. The molecule has 1 aromatic carbocycles. The van der Waals surface area contributed by atoms with Crippen LogP contribution in [0, 0.1) is 0 Å². The van der Waals surface area contributed by atoms with Crippen LogP contribution in [0.2, 0.25) is 10.0 Å². The predicted molar refractivity (Wildman–Crippen MR) is 92.0 cm³/mol. The van der Waals surface area contributed by atoms with Gasteiger partial charge in [-0.05, 0) is 37.5 Å². The molecule has 1 N–H and O–H groups in total. The van der Waals surface area contributed by atoms with E-state index in [1.165, 1.54) is 18.6 Å². The number of carbonyl (C=O) groups is 1. The number of hydrogen-bond donors (Lipinski definition) is 1. The summed E-state index contributed by atoms with van der Waals surface area (Å²) in [6.07, 6.45) is 5.15. The lowest BCUT2D eigenvalue weighted by molar-refractivity contribution is -0.116. The highest BCUT2D eigenvalue weighted by Crippen LogP contribution is 2.39. The van der Waals surface area contributed by atoms with Gasteiger partial charge in [-0.1, -0.05) is 51.2 Å². The highest BCUT2D eigenvalue weighted by molar-refractivity contribution is 8.77. The first-order chi connectivity index (χ1) is 9.65. The summed E-state index contributed by atoms with van der Waals surface area (Å²) in [7, 11) is 3.96. The van der Waals surface area contributed by atoms with Gasteiger partial charge in [0.2, 0.25) is 5.91 Å². The second kappa shape index (κ2) is 8.42. The van der Waals surface area contributed by atoms with Crippen molar-refractivity contribution in [2.45, 2.75) is 37.4 Å². The van der Waals surface area contributed by atoms with Crippen molar-refractivity contribution < 1.29 is 4.79 Å². The van der Waals surface area contributed by atoms with Gasteiger partial charge in [0.1, 0.15) is 0 Å². The van der Waals surface area contributed by atoms with Crippen molar-refractivity contribution in [2.75, 3.05) is 11.1 Å². The van der Waals surface area contributed by atoms with Crippen molar-refractivity contribution in [3.63, 3.8) is 0 Å². The molecule has 0 spiro atoms. The predicted octanol–water partition coefficient (Wildman–Crippen LogP) is 5.65. The number of unbranched alkanes of at least 4 members (excludes halogenated alkanes) is 1. The minimum Gasteiger partial charge on any atom is -0.326 e. The maximum absolute atomic E-state index is 11.8. The third-order valence-corrected chi connectivity index (χ3v) is 6.86. The summed E-state index contributed by atoms with van der Waals surface area (Å²) in [4.78, 5) is 11.8. The van der Waals surface area contributed by atoms with Crippen LogP contribution in [-0.4, -0.2) is 16.9 Å². The maximum atomic E-state index is 11.8. The van der Waals surface area contributed by atoms with Crippen LogP contribution < -0.4 is 5.32 Å². The molecule has 0 aliphatic carbocycles. The van der Waals surface area contributed by atoms with Crippen LogP contribution in [0.3, 0.4) is 0 Å². The maximum Gasteiger partial charge on any atom is 0.224 e. The summed E-state index contributed by atoms with van der Waals surface area (Å²) in [5, 5.41) is 4.59. The third kappa shape index (κ3) is 5.40. The standard InChI is InChI=1S/C14H17Cl2NOS2/c15-12-6-5-10(9-13(12)16)17-14(18)4-2-1-3-11-7-8-19-20-11/h5-6,9,11H,1-4,7-8H2,(H,17,18). The topological polar surface area (TPSA) is 29.1 Å². The van der Waals surface area contributed by atoms with E-state index in [2.05, 4.69) is 5.32 Å². The van der Waals surface area contributed by atoms with E-state index in [4.69, 9.17) is 23.2 Å². The molecule has 2 rings (SSSR count). The number of rotatable bonds is 6. The van der Waals surface area contributed by atoms with E-state index in [1.54, 1.807) is 18.2 Å². The fraction of sp³-hybridized carbons (Fsp3) is 0.500. The van der Waals surface area contributed by atoms with E-state index in [0.717, 1.165) is 18.1 Å². The summed E-state index contributed by atoms with van der Waals surface area (Å²) in [6.45, 7) is 0. The molecule has 0 aromatic heterocycles. The number of carbonyl (C=O) groups excluding carboxylic acids is 1. The second-order valence-corrected chi connectivity index (χ2v) is 8.35. The van der Waals surface area contributed by atoms with Crippen LogP contribution >= 0.6 is 44.8 Å². The molecule has 1 saturated heterocycles. The van der Waals surface area contributed by atoms with Crippen molar-refractivity contribution in [1.82, 2.24) is 0 Å². The highest BCUT2D eigenvalue weighted by Gasteiger charge is 2.15. The molecule has 0 bridgehead atoms. The zero-order chi connectivity index (χ0) is 14.4. The van der Waals surface area contributed by atoms with Crippen LogP contribution in [0.15, 0.2) is 18.2 Å². The molecule has 20 heavy (non-hydrogen) atoms. The Morgan fingerprint density at radius 1 is 1.30 bits per heavy atom. The largest absolute Gasteiger partial charge is 0.326 e. The van der Waals surface area contributed by atoms with Crippen LogP contribution in [0.5, 0.6) is 0 Å². The van der Waals surface area contributed by atoms with Crippen molar-refractivity contribution in [3.8, 4) is 0 Å². The lowest BCUT2D eigenvalue weighted by Crippen LogP contribution is -2.11. The minimum atomic E-state index is 0.0387. The van der Waals surface area contributed by atoms with Gasteiger partial charge in [0, 0.05) is 23.1 Å². The number of benzene rings is 1. The normalized spacial score (nSPS) is 18.2. The Bertz CT molecular complexity index is 464. The lowest BCUT2D eigenvalue weighted by Gasteiger charge is -2.08. The lowest BCUT2D eigenvalue weighted by atomic mass is 10.1. The first-order valence-electron chi connectivity index (χ1n) is 6.68. The van der Waals surface area contributed by atoms with E-state index in [9.17, 15) is 4.79 Å². The highest BCUT2D eigenvalue weighted by atomic mass is 35.5. The smallest absolute Gasteiger partial charge is 0.224 e. The van der Waals surface area contributed by atoms with E-state index in [1.807, 2.05) is 21.6 Å². The number of amides is 1. The Morgan fingerprint density at radius 3 is 2.85 bits per heavy atom. The van der Waals surface area contributed by atoms with Gasteiger partial charge < -0.3 is 5.32 Å². The zero-order valence-corrected chi connectivity index (χ0v) is 14.2. The molecule has 110 valence electrons. The van der Waals surface area contributed by atoms with Crippen molar-refractivity contribution in [1.29, 1.82) is 0 Å². The van der Waals surface area contributed by atoms with Gasteiger partial charge in [0.15, 0.2) is 0 Å². The summed E-state index contributed by atoms with van der Waals surface area (Å²) >= 11 is 11.7. The Kier molecular flexibility index (Phi) is 6.88. The van der Waals surface area contributed by atoms with E-state index < -0.39 is 0 Å². The molecule has 1 unspecified atom stereocenters. The SMILES string of the molecule is O=C(CCCCC1CCSS1)Nc1ccc(Cl)c(Cl)c1. The van der Waals surface area contributed by atoms with Crippen LogP contribution in [-0.2, 0) is 4.79 Å². The fourth-order valence-electron chi connectivity index (χ4n) is 2.02. The van der Waals surface area contributed by atoms with E-state index in [-0.39, 0.29) is 5.91 Å². The fourth-order valence-corrected chi connectivity index (χ4v) is 5.35. The summed E-state index contributed by atoms with van der Waals surface area (Å²) < 4.78 is 0. The van der Waals surface area contributed by atoms with E-state index >= 15 is 0 Å². The number of halogens is 2. The number of nitrogens with one attached hydrogen (secondary N) is 1. The van der Waals surface area contributed by atoms with Crippen molar-refractivity contribution in [3.05, 3.63) is 28.2 Å². The summed E-state index contributed by atoms with van der Waals surface area (Å²) in [5.74, 6) is 1.31. The Hall–Kier alpha value is -0.0300. The summed E-state index contributed by atoms with van der Waals surface area (Å²) in [6, 6.07) is 5.13. The van der Waals surface area contributed by atoms with Crippen LogP contribution in [0.4, 0.5) is 5.69 Å².